The summed E-state index contributed by atoms with van der Waals surface area (Å²) in [7, 11) is 0. The first-order valence-corrected chi connectivity index (χ1v) is 9.42. The van der Waals surface area contributed by atoms with Gasteiger partial charge >= 0.3 is 5.97 Å². The molecule has 3 aliphatic heterocycles. The van der Waals surface area contributed by atoms with Gasteiger partial charge in [-0.1, -0.05) is 27.7 Å². The number of carbonyl (C=O) groups excluding carboxylic acids is 2. The normalized spacial score (nSPS) is 30.2. The lowest BCUT2D eigenvalue weighted by atomic mass is 9.80. The van der Waals surface area contributed by atoms with Crippen LogP contribution < -0.4 is 4.74 Å². The molecule has 1 aromatic carbocycles. The molecule has 0 spiro atoms. The van der Waals surface area contributed by atoms with Crippen molar-refractivity contribution in [2.75, 3.05) is 12.4 Å². The van der Waals surface area contributed by atoms with Crippen LogP contribution in [0.3, 0.4) is 0 Å². The number of hydrogen-bond acceptors (Lipinski definition) is 6. The van der Waals surface area contributed by atoms with Gasteiger partial charge in [0, 0.05) is 10.0 Å². The van der Waals surface area contributed by atoms with E-state index < -0.39 is 23.7 Å². The van der Waals surface area contributed by atoms with Crippen molar-refractivity contribution in [3.05, 3.63) is 28.2 Å². The van der Waals surface area contributed by atoms with Crippen molar-refractivity contribution in [2.45, 2.75) is 25.6 Å². The van der Waals surface area contributed by atoms with Crippen LogP contribution in [0.4, 0.5) is 0 Å². The molecule has 0 N–H and O–H groups in total. The van der Waals surface area contributed by atoms with E-state index in [2.05, 4.69) is 20.9 Å². The molecule has 4 rings (SSSR count). The molecule has 24 heavy (non-hydrogen) atoms. The molecule has 0 unspecified atom stereocenters. The van der Waals surface area contributed by atoms with Crippen LogP contribution >= 0.6 is 27.7 Å². The number of esters is 1. The summed E-state index contributed by atoms with van der Waals surface area (Å²) in [5.74, 6) is -0.190. The van der Waals surface area contributed by atoms with Crippen molar-refractivity contribution >= 4 is 44.7 Å². The van der Waals surface area contributed by atoms with Gasteiger partial charge < -0.3 is 9.47 Å². The molecule has 0 aromatic heterocycles. The standard InChI is InChI=1S/C16H15BrN2O4S/c1-3-22-14(21)12-13-9-6-8(17)4-5-10(9)23-16(12,2)18-15-19(13)11(20)7-24-15/h4-6,12-13H,3,7H2,1-2H3/t12-,13+,16+/m1/s1. The number of carbonyl (C=O) groups is 2. The number of ether oxygens (including phenoxy) is 2. The summed E-state index contributed by atoms with van der Waals surface area (Å²) in [4.78, 5) is 31.4. The van der Waals surface area contributed by atoms with E-state index in [0.717, 1.165) is 10.0 Å². The smallest absolute Gasteiger partial charge is 0.317 e. The van der Waals surface area contributed by atoms with Crippen LogP contribution in [0.25, 0.3) is 0 Å². The molecule has 6 nitrogen and oxygen atoms in total. The summed E-state index contributed by atoms with van der Waals surface area (Å²) in [6.45, 7) is 3.80. The summed E-state index contributed by atoms with van der Waals surface area (Å²) in [5.41, 5.74) is -0.288. The van der Waals surface area contributed by atoms with Crippen molar-refractivity contribution in [3.8, 4) is 5.75 Å². The first kappa shape index (κ1) is 16.0. The number of benzene rings is 1. The first-order chi connectivity index (χ1) is 11.4. The van der Waals surface area contributed by atoms with Gasteiger partial charge in [0.1, 0.15) is 11.7 Å². The van der Waals surface area contributed by atoms with E-state index in [1.165, 1.54) is 11.8 Å². The fourth-order valence-electron chi connectivity index (χ4n) is 3.48. The maximum absolute atomic E-state index is 12.7. The average Bonchev–Trinajstić information content (AvgIpc) is 2.87. The largest absolute Gasteiger partial charge is 0.466 e. The predicted octanol–water partition coefficient (Wildman–Crippen LogP) is 2.72. The van der Waals surface area contributed by atoms with E-state index in [0.29, 0.717) is 16.7 Å². The van der Waals surface area contributed by atoms with E-state index >= 15 is 0 Å². The molecule has 3 atom stereocenters. The van der Waals surface area contributed by atoms with Crippen molar-refractivity contribution in [1.82, 2.24) is 4.90 Å². The molecular weight excluding hydrogens is 396 g/mol. The van der Waals surface area contributed by atoms with Crippen LogP contribution in [0.5, 0.6) is 5.75 Å². The molecule has 0 radical (unpaired) electrons. The predicted molar refractivity (Wildman–Crippen MR) is 92.8 cm³/mol. The quantitative estimate of drug-likeness (QED) is 0.701. The zero-order chi connectivity index (χ0) is 17.1. The third-order valence-corrected chi connectivity index (χ3v) is 5.87. The van der Waals surface area contributed by atoms with Gasteiger partial charge in [0.2, 0.25) is 11.6 Å². The number of fused-ring (bicyclic) bond motifs is 6. The second kappa shape index (κ2) is 5.49. The Morgan fingerprint density at radius 2 is 2.38 bits per heavy atom. The van der Waals surface area contributed by atoms with Crippen LogP contribution in [0, 0.1) is 5.92 Å². The van der Waals surface area contributed by atoms with E-state index in [9.17, 15) is 9.59 Å². The summed E-state index contributed by atoms with van der Waals surface area (Å²) >= 11 is 4.84. The van der Waals surface area contributed by atoms with Crippen molar-refractivity contribution in [1.29, 1.82) is 0 Å². The third kappa shape index (κ3) is 2.19. The van der Waals surface area contributed by atoms with Crippen LogP contribution in [0.2, 0.25) is 0 Å². The summed E-state index contributed by atoms with van der Waals surface area (Å²) < 4.78 is 12.2. The number of rotatable bonds is 2. The summed E-state index contributed by atoms with van der Waals surface area (Å²) in [5, 5.41) is 0.610. The lowest BCUT2D eigenvalue weighted by Gasteiger charge is -2.49. The van der Waals surface area contributed by atoms with E-state index in [-0.39, 0.29) is 12.5 Å². The molecule has 1 amide bonds. The molecule has 0 aliphatic carbocycles. The molecule has 0 saturated carbocycles. The second-order valence-corrected chi connectivity index (χ2v) is 7.82. The van der Waals surface area contributed by atoms with Crippen molar-refractivity contribution < 1.29 is 19.1 Å². The zero-order valence-electron chi connectivity index (χ0n) is 13.1. The van der Waals surface area contributed by atoms with Gasteiger partial charge in [0.25, 0.3) is 0 Å². The van der Waals surface area contributed by atoms with Gasteiger partial charge in [-0.2, -0.15) is 0 Å². The highest BCUT2D eigenvalue weighted by atomic mass is 79.9. The van der Waals surface area contributed by atoms with Gasteiger partial charge in [0.05, 0.1) is 18.4 Å². The molecule has 1 fully saturated rings. The number of aliphatic imine (C=N–C) groups is 1. The summed E-state index contributed by atoms with van der Waals surface area (Å²) in [6.07, 6.45) is 0. The number of halogens is 1. The van der Waals surface area contributed by atoms with E-state index in [1.54, 1.807) is 18.7 Å². The lowest BCUT2D eigenvalue weighted by Crippen LogP contribution is -2.59. The van der Waals surface area contributed by atoms with Gasteiger partial charge in [-0.3, -0.25) is 14.5 Å². The summed E-state index contributed by atoms with van der Waals surface area (Å²) in [6, 6.07) is 5.13. The molecule has 1 saturated heterocycles. The molecule has 1 aromatic rings. The SMILES string of the molecule is CCOC(=O)[C@H]1[C@@H]2c3cc(Br)ccc3O[C@]1(C)N=C1SCC(=O)N12. The maximum atomic E-state index is 12.7. The van der Waals surface area contributed by atoms with Crippen molar-refractivity contribution in [3.63, 3.8) is 0 Å². The fraction of sp³-hybridized carbons (Fsp3) is 0.438. The number of amidine groups is 1. The highest BCUT2D eigenvalue weighted by molar-refractivity contribution is 9.10. The van der Waals surface area contributed by atoms with Crippen molar-refractivity contribution in [2.24, 2.45) is 10.9 Å². The van der Waals surface area contributed by atoms with Gasteiger partial charge in [-0.15, -0.1) is 0 Å². The number of thioether (sulfide) groups is 1. The second-order valence-electron chi connectivity index (χ2n) is 5.96. The molecule has 126 valence electrons. The fourth-order valence-corrected chi connectivity index (χ4v) is 4.86. The Morgan fingerprint density at radius 1 is 1.58 bits per heavy atom. The Morgan fingerprint density at radius 3 is 3.12 bits per heavy atom. The molecule has 3 aliphatic rings. The minimum atomic E-state index is -1.08. The zero-order valence-corrected chi connectivity index (χ0v) is 15.5. The van der Waals surface area contributed by atoms with Gasteiger partial charge in [-0.25, -0.2) is 4.99 Å². The molecule has 3 heterocycles. The maximum Gasteiger partial charge on any atom is 0.317 e. The third-order valence-electron chi connectivity index (χ3n) is 4.44. The van der Waals surface area contributed by atoms with Crippen LogP contribution in [-0.2, 0) is 14.3 Å². The van der Waals surface area contributed by atoms with Crippen LogP contribution in [-0.4, -0.2) is 40.0 Å². The lowest BCUT2D eigenvalue weighted by molar-refractivity contribution is -0.163. The minimum absolute atomic E-state index is 0.0482. The molecule has 8 heteroatoms. The first-order valence-electron chi connectivity index (χ1n) is 7.64. The molecular formula is C16H15BrN2O4S. The topological polar surface area (TPSA) is 68.2 Å². The Kier molecular flexibility index (Phi) is 3.65. The number of hydrogen-bond donors (Lipinski definition) is 0. The van der Waals surface area contributed by atoms with E-state index in [4.69, 9.17) is 9.47 Å². The Bertz CT molecular complexity index is 783. The van der Waals surface area contributed by atoms with Crippen LogP contribution in [0.15, 0.2) is 27.7 Å². The van der Waals surface area contributed by atoms with Gasteiger partial charge in [0.15, 0.2) is 5.17 Å². The Labute approximate surface area is 151 Å². The number of amides is 1. The Hall–Kier alpha value is -1.54. The average molecular weight is 411 g/mol. The van der Waals surface area contributed by atoms with Gasteiger partial charge in [-0.05, 0) is 32.0 Å². The monoisotopic (exact) mass is 410 g/mol. The molecule has 2 bridgehead atoms. The highest BCUT2D eigenvalue weighted by Crippen LogP contribution is 2.53. The Balaban J connectivity index is 1.93. The van der Waals surface area contributed by atoms with E-state index in [1.807, 2.05) is 18.2 Å². The minimum Gasteiger partial charge on any atom is -0.466 e. The van der Waals surface area contributed by atoms with Crippen LogP contribution in [0.1, 0.15) is 25.5 Å². The highest BCUT2D eigenvalue weighted by Gasteiger charge is 2.60. The number of nitrogens with zero attached hydrogens (tertiary/aromatic N) is 2.